The topological polar surface area (TPSA) is 131 Å². The fourth-order valence-electron chi connectivity index (χ4n) is 5.01. The zero-order chi connectivity index (χ0) is 43.7. The number of carbonyl (C=O) groups excluding carboxylic acids is 2. The molecule has 334 valence electrons. The third-order valence-electron chi connectivity index (χ3n) is 8.38. The van der Waals surface area contributed by atoms with Crippen molar-refractivity contribution in [1.82, 2.24) is 0 Å². The van der Waals surface area contributed by atoms with Gasteiger partial charge in [0.15, 0.2) is 6.10 Å². The Balaban J connectivity index is 4.63. The number of hydrogen-bond donors (Lipinski definition) is 1. The Morgan fingerprint density at radius 2 is 1.17 bits per heavy atom. The molecule has 10 nitrogen and oxygen atoms in total. The van der Waals surface area contributed by atoms with E-state index in [1.807, 2.05) is 39.4 Å². The minimum atomic E-state index is -4.68. The van der Waals surface area contributed by atoms with Crippen LogP contribution in [0.1, 0.15) is 123 Å². The number of likely N-dealkylation sites (N-methyl/N-ethyl adjacent to an activating group) is 1. The Hall–Kier alpha value is -3.37. The van der Waals surface area contributed by atoms with Crippen LogP contribution in [-0.2, 0) is 32.7 Å². The lowest BCUT2D eigenvalue weighted by molar-refractivity contribution is -0.870. The van der Waals surface area contributed by atoms with Gasteiger partial charge in [-0.15, -0.1) is 0 Å². The molecule has 3 atom stereocenters. The molecule has 0 fully saturated rings. The second-order valence-electron chi connectivity index (χ2n) is 15.1. The van der Waals surface area contributed by atoms with Crippen molar-refractivity contribution in [1.29, 1.82) is 0 Å². The first-order chi connectivity index (χ1) is 28.4. The molecule has 0 aromatic heterocycles. The summed E-state index contributed by atoms with van der Waals surface area (Å²) in [5.41, 5.74) is 0. The summed E-state index contributed by atoms with van der Waals surface area (Å²) in [5, 5.41) is 10.2. The number of phosphoric ester groups is 1. The van der Waals surface area contributed by atoms with Gasteiger partial charge in [0.2, 0.25) is 0 Å². The molecule has 0 aliphatic rings. The van der Waals surface area contributed by atoms with Crippen molar-refractivity contribution in [3.63, 3.8) is 0 Å². The van der Waals surface area contributed by atoms with E-state index in [2.05, 4.69) is 86.8 Å². The van der Waals surface area contributed by atoms with Crippen LogP contribution in [0.2, 0.25) is 0 Å². The molecule has 0 bridgehead atoms. The molecule has 2 unspecified atom stereocenters. The summed E-state index contributed by atoms with van der Waals surface area (Å²) in [6.45, 7) is 3.74. The number of phosphoric acid groups is 1. The van der Waals surface area contributed by atoms with Crippen LogP contribution in [-0.4, -0.2) is 81.2 Å². The van der Waals surface area contributed by atoms with Gasteiger partial charge in [-0.1, -0.05) is 142 Å². The van der Waals surface area contributed by atoms with Crippen molar-refractivity contribution in [2.75, 3.05) is 47.5 Å². The molecule has 0 rings (SSSR count). The molecule has 0 aliphatic carbocycles. The van der Waals surface area contributed by atoms with Crippen molar-refractivity contribution in [3.05, 3.63) is 109 Å². The molecular formula is C48H78NO9P. The Morgan fingerprint density at radius 1 is 0.627 bits per heavy atom. The van der Waals surface area contributed by atoms with Crippen LogP contribution in [0.15, 0.2) is 109 Å². The Morgan fingerprint density at radius 3 is 1.78 bits per heavy atom. The van der Waals surface area contributed by atoms with Crippen molar-refractivity contribution in [2.45, 2.75) is 135 Å². The van der Waals surface area contributed by atoms with E-state index in [1.165, 1.54) is 0 Å². The lowest BCUT2D eigenvalue weighted by atomic mass is 10.1. The van der Waals surface area contributed by atoms with Gasteiger partial charge >= 0.3 is 11.9 Å². The van der Waals surface area contributed by atoms with E-state index in [9.17, 15) is 24.2 Å². The second kappa shape index (κ2) is 38.8. The van der Waals surface area contributed by atoms with Gasteiger partial charge in [-0.2, -0.15) is 0 Å². The van der Waals surface area contributed by atoms with Gasteiger partial charge in [0.25, 0.3) is 7.82 Å². The lowest BCUT2D eigenvalue weighted by Crippen LogP contribution is -2.37. The Kier molecular flexibility index (Phi) is 36.6. The van der Waals surface area contributed by atoms with Crippen LogP contribution in [0.3, 0.4) is 0 Å². The van der Waals surface area contributed by atoms with Crippen molar-refractivity contribution < 1.29 is 47.2 Å². The van der Waals surface area contributed by atoms with Crippen LogP contribution in [0.5, 0.6) is 0 Å². The summed E-state index contributed by atoms with van der Waals surface area (Å²) in [6, 6.07) is 0. The van der Waals surface area contributed by atoms with Crippen LogP contribution in [0.4, 0.5) is 0 Å². The minimum Gasteiger partial charge on any atom is -0.756 e. The number of rotatable bonds is 37. The quantitative estimate of drug-likeness (QED) is 0.0162. The average molecular weight is 844 g/mol. The lowest BCUT2D eigenvalue weighted by Gasteiger charge is -2.28. The van der Waals surface area contributed by atoms with Crippen molar-refractivity contribution in [2.24, 2.45) is 0 Å². The molecule has 59 heavy (non-hydrogen) atoms. The number of nitrogens with zero attached hydrogens (tertiary/aromatic N) is 1. The second-order valence-corrected chi connectivity index (χ2v) is 16.6. The third-order valence-corrected chi connectivity index (χ3v) is 9.35. The fraction of sp³-hybridized carbons (Fsp3) is 0.583. The highest BCUT2D eigenvalue weighted by atomic mass is 31.2. The maximum absolute atomic E-state index is 12.7. The summed E-state index contributed by atoms with van der Waals surface area (Å²) in [6.07, 6.45) is 48.7. The highest BCUT2D eigenvalue weighted by Gasteiger charge is 2.21. The predicted molar refractivity (Wildman–Crippen MR) is 241 cm³/mol. The van der Waals surface area contributed by atoms with E-state index in [-0.39, 0.29) is 26.1 Å². The van der Waals surface area contributed by atoms with Gasteiger partial charge in [0, 0.05) is 12.8 Å². The van der Waals surface area contributed by atoms with E-state index in [0.717, 1.165) is 77.0 Å². The molecule has 0 aromatic carbocycles. The number of unbranched alkanes of at least 4 members (excludes halogenated alkanes) is 5. The van der Waals surface area contributed by atoms with Crippen LogP contribution in [0.25, 0.3) is 0 Å². The molecule has 0 heterocycles. The summed E-state index contributed by atoms with van der Waals surface area (Å²) in [5.74, 6) is -1.05. The standard InChI is InChI=1S/C48H78NO9P/c1-6-8-10-12-14-16-18-20-21-23-25-27-29-31-35-40-48(52)58-46(44-57-59(53,54)56-42-41-49(3,4)5)43-55-47(51)39-36-32-34-38-45(50)37-33-30-28-26-24-22-19-17-15-13-11-9-7-2/h8-11,14-17,20-22,24,28,30,32-34,37,45-46,50H,6-7,12-13,18-19,23,25-27,29,31,35-36,38-44H2,1-5H3/b10-8-,11-9-,16-14-,17-15-,21-20-,24-22-,30-28-,34-32-,37-33-/t45?,46-/m1/s1. The third kappa shape index (κ3) is 42.6. The van der Waals surface area contributed by atoms with E-state index < -0.39 is 38.6 Å². The molecule has 0 radical (unpaired) electrons. The van der Waals surface area contributed by atoms with Crippen LogP contribution < -0.4 is 4.89 Å². The van der Waals surface area contributed by atoms with E-state index >= 15 is 0 Å². The molecule has 0 spiro atoms. The monoisotopic (exact) mass is 844 g/mol. The molecule has 0 saturated heterocycles. The number of aliphatic hydroxyl groups is 1. The molecule has 1 N–H and O–H groups in total. The number of ether oxygens (including phenoxy) is 2. The van der Waals surface area contributed by atoms with Gasteiger partial charge in [-0.05, 0) is 77.0 Å². The van der Waals surface area contributed by atoms with E-state index in [0.29, 0.717) is 30.3 Å². The number of carbonyl (C=O) groups is 2. The fourth-order valence-corrected chi connectivity index (χ4v) is 5.74. The van der Waals surface area contributed by atoms with Crippen molar-refractivity contribution >= 4 is 19.8 Å². The van der Waals surface area contributed by atoms with Crippen LogP contribution >= 0.6 is 7.82 Å². The van der Waals surface area contributed by atoms with E-state index in [1.54, 1.807) is 18.2 Å². The van der Waals surface area contributed by atoms with Gasteiger partial charge in [0.05, 0.1) is 33.9 Å². The smallest absolute Gasteiger partial charge is 0.306 e. The minimum absolute atomic E-state index is 0.0594. The Labute approximate surface area is 358 Å². The van der Waals surface area contributed by atoms with Crippen LogP contribution in [0, 0.1) is 0 Å². The molecular weight excluding hydrogens is 765 g/mol. The number of quaternary nitrogens is 1. The first kappa shape index (κ1) is 55.6. The van der Waals surface area contributed by atoms with Gasteiger partial charge < -0.3 is 33.0 Å². The number of esters is 2. The number of aliphatic hydroxyl groups excluding tert-OH is 1. The number of allylic oxidation sites excluding steroid dienone is 16. The summed E-state index contributed by atoms with van der Waals surface area (Å²) < 4.78 is 33.7. The summed E-state index contributed by atoms with van der Waals surface area (Å²) in [4.78, 5) is 37.5. The maximum Gasteiger partial charge on any atom is 0.306 e. The molecule has 0 aliphatic heterocycles. The summed E-state index contributed by atoms with van der Waals surface area (Å²) in [7, 11) is 1.04. The first-order valence-corrected chi connectivity index (χ1v) is 23.2. The molecule has 0 saturated carbocycles. The highest BCUT2D eigenvalue weighted by molar-refractivity contribution is 7.45. The zero-order valence-corrected chi connectivity index (χ0v) is 37.9. The van der Waals surface area contributed by atoms with Gasteiger partial charge in [-0.25, -0.2) is 0 Å². The average Bonchev–Trinajstić information content (AvgIpc) is 3.18. The molecule has 11 heteroatoms. The Bertz CT molecular complexity index is 1380. The SMILES string of the molecule is CC/C=C\C/C=C\C/C=C\C/C=C\C=C/C(O)C/C=C\CCC(=O)OC[C@H](COP(=O)([O-])OCC[N+](C)(C)C)OC(=O)CCCCCCC/C=C\C/C=C\C/C=C\CC. The van der Waals surface area contributed by atoms with Gasteiger partial charge in [-0.3, -0.25) is 14.2 Å². The normalized spacial score (nSPS) is 15.2. The maximum atomic E-state index is 12.7. The van der Waals surface area contributed by atoms with E-state index in [4.69, 9.17) is 18.5 Å². The largest absolute Gasteiger partial charge is 0.756 e. The molecule has 0 amide bonds. The van der Waals surface area contributed by atoms with Gasteiger partial charge in [0.1, 0.15) is 19.8 Å². The van der Waals surface area contributed by atoms with Crippen molar-refractivity contribution in [3.8, 4) is 0 Å². The molecule has 0 aromatic rings. The first-order valence-electron chi connectivity index (χ1n) is 21.7. The highest BCUT2D eigenvalue weighted by Crippen LogP contribution is 2.38. The summed E-state index contributed by atoms with van der Waals surface area (Å²) >= 11 is 0. The predicted octanol–water partition coefficient (Wildman–Crippen LogP) is 10.7. The zero-order valence-electron chi connectivity index (χ0n) is 37.0. The number of hydrogen-bond acceptors (Lipinski definition) is 9.